The number of ether oxygens (including phenoxy) is 2. The van der Waals surface area contributed by atoms with Crippen LogP contribution in [-0.2, 0) is 17.8 Å². The van der Waals surface area contributed by atoms with Gasteiger partial charge in [-0.3, -0.25) is 4.79 Å². The Morgan fingerprint density at radius 3 is 2.53 bits per heavy atom. The van der Waals surface area contributed by atoms with E-state index in [0.717, 1.165) is 81.5 Å². The lowest BCUT2D eigenvalue weighted by Gasteiger charge is -2.20. The lowest BCUT2D eigenvalue weighted by molar-refractivity contribution is -0.125. The summed E-state index contributed by atoms with van der Waals surface area (Å²) in [6, 6.07) is 16.1. The molecule has 2 aromatic carbocycles. The number of hydrogen-bond acceptors (Lipinski definition) is 4. The van der Waals surface area contributed by atoms with Crippen molar-refractivity contribution in [1.82, 2.24) is 14.9 Å². The first-order valence-electron chi connectivity index (χ1n) is 13.7. The van der Waals surface area contributed by atoms with Gasteiger partial charge < -0.3 is 19.4 Å². The second-order valence-electron chi connectivity index (χ2n) is 9.84. The first-order chi connectivity index (χ1) is 17.7. The Morgan fingerprint density at radius 2 is 1.72 bits per heavy atom. The van der Waals surface area contributed by atoms with E-state index in [2.05, 4.69) is 34.1 Å². The van der Waals surface area contributed by atoms with Crippen LogP contribution in [0.3, 0.4) is 0 Å². The van der Waals surface area contributed by atoms with E-state index in [1.807, 2.05) is 24.3 Å². The number of carbonyl (C=O) groups is 1. The molecular weight excluding hydrogens is 450 g/mol. The second kappa shape index (κ2) is 13.9. The molecule has 0 atom stereocenters. The smallest absolute Gasteiger partial charge is 0.223 e. The number of carbonyl (C=O) groups excluding carboxylic acids is 1. The minimum absolute atomic E-state index is 0.250. The third-order valence-electron chi connectivity index (χ3n) is 7.19. The number of hydrogen-bond donors (Lipinski definition) is 1. The number of amides is 1. The molecule has 0 aliphatic heterocycles. The third-order valence-corrected chi connectivity index (χ3v) is 7.19. The number of fused-ring (bicyclic) bond motifs is 1. The maximum Gasteiger partial charge on any atom is 0.223 e. The van der Waals surface area contributed by atoms with Gasteiger partial charge in [0.25, 0.3) is 0 Å². The van der Waals surface area contributed by atoms with E-state index >= 15 is 0 Å². The van der Waals surface area contributed by atoms with Gasteiger partial charge in [-0.1, -0.05) is 37.8 Å². The minimum Gasteiger partial charge on any atom is -0.497 e. The molecule has 0 spiro atoms. The predicted octanol–water partition coefficient (Wildman–Crippen LogP) is 6.31. The van der Waals surface area contributed by atoms with Crippen molar-refractivity contribution in [2.24, 2.45) is 5.92 Å². The van der Waals surface area contributed by atoms with Crippen LogP contribution in [0, 0.1) is 5.92 Å². The van der Waals surface area contributed by atoms with E-state index in [1.54, 1.807) is 7.11 Å². The number of unbranched alkanes of at least 4 members (excludes halogenated alkanes) is 3. The zero-order chi connectivity index (χ0) is 25.0. The van der Waals surface area contributed by atoms with Crippen molar-refractivity contribution < 1.29 is 14.3 Å². The van der Waals surface area contributed by atoms with Crippen LogP contribution in [0.5, 0.6) is 11.5 Å². The Morgan fingerprint density at radius 1 is 0.944 bits per heavy atom. The van der Waals surface area contributed by atoms with Crippen LogP contribution < -0.4 is 14.8 Å². The van der Waals surface area contributed by atoms with Crippen LogP contribution in [-0.4, -0.2) is 35.7 Å². The molecule has 3 aromatic rings. The van der Waals surface area contributed by atoms with Crippen molar-refractivity contribution >= 4 is 16.9 Å². The molecule has 1 aliphatic rings. The summed E-state index contributed by atoms with van der Waals surface area (Å²) in [5.74, 6) is 3.40. The first-order valence-corrected chi connectivity index (χ1v) is 13.7. The number of benzene rings is 2. The predicted molar refractivity (Wildman–Crippen MR) is 145 cm³/mol. The third kappa shape index (κ3) is 7.49. The van der Waals surface area contributed by atoms with Gasteiger partial charge in [0.1, 0.15) is 17.3 Å². The highest BCUT2D eigenvalue weighted by atomic mass is 16.5. The molecule has 1 amide bonds. The Hall–Kier alpha value is -3.02. The zero-order valence-corrected chi connectivity index (χ0v) is 21.7. The fraction of sp³-hybridized carbons (Fsp3) is 0.533. The van der Waals surface area contributed by atoms with Gasteiger partial charge in [0.15, 0.2) is 0 Å². The molecule has 1 N–H and O–H groups in total. The lowest BCUT2D eigenvalue weighted by Crippen LogP contribution is -2.32. The summed E-state index contributed by atoms with van der Waals surface area (Å²) in [7, 11) is 1.67. The van der Waals surface area contributed by atoms with Crippen molar-refractivity contribution in [2.45, 2.75) is 77.2 Å². The quantitative estimate of drug-likeness (QED) is 0.268. The average Bonchev–Trinajstić information content (AvgIpc) is 3.28. The van der Waals surface area contributed by atoms with Crippen LogP contribution in [0.25, 0.3) is 11.0 Å². The summed E-state index contributed by atoms with van der Waals surface area (Å²) >= 11 is 0. The van der Waals surface area contributed by atoms with Gasteiger partial charge >= 0.3 is 0 Å². The van der Waals surface area contributed by atoms with Crippen molar-refractivity contribution in [3.63, 3.8) is 0 Å². The van der Waals surface area contributed by atoms with Crippen LogP contribution in [0.1, 0.15) is 70.0 Å². The summed E-state index contributed by atoms with van der Waals surface area (Å²) in [6.07, 6.45) is 12.0. The van der Waals surface area contributed by atoms with E-state index in [-0.39, 0.29) is 11.8 Å². The maximum absolute atomic E-state index is 12.3. The zero-order valence-electron chi connectivity index (χ0n) is 21.7. The molecule has 36 heavy (non-hydrogen) atoms. The number of para-hydroxylation sites is 2. The number of methoxy groups -OCH3 is 1. The molecular formula is C30H41N3O3. The molecule has 1 aromatic heterocycles. The molecule has 6 nitrogen and oxygen atoms in total. The van der Waals surface area contributed by atoms with Gasteiger partial charge in [0.05, 0.1) is 24.8 Å². The number of nitrogens with one attached hydrogen (secondary N) is 1. The molecule has 4 rings (SSSR count). The van der Waals surface area contributed by atoms with E-state index in [4.69, 9.17) is 14.5 Å². The van der Waals surface area contributed by atoms with Gasteiger partial charge in [0.2, 0.25) is 5.91 Å². The normalized spacial score (nSPS) is 14.1. The molecule has 0 radical (unpaired) electrons. The van der Waals surface area contributed by atoms with Crippen molar-refractivity contribution in [2.75, 3.05) is 20.3 Å². The molecule has 194 valence electrons. The van der Waals surface area contributed by atoms with E-state index < -0.39 is 0 Å². The van der Waals surface area contributed by atoms with Gasteiger partial charge in [-0.25, -0.2) is 4.98 Å². The minimum atomic E-state index is 0.250. The highest BCUT2D eigenvalue weighted by Gasteiger charge is 2.20. The number of nitrogens with zero attached hydrogens (tertiary/aromatic N) is 2. The van der Waals surface area contributed by atoms with E-state index in [9.17, 15) is 4.79 Å². The van der Waals surface area contributed by atoms with Gasteiger partial charge in [-0.05, 0) is 74.9 Å². The number of imidazole rings is 1. The SMILES string of the molecule is COc1ccc(OCCCCn2c(CCCCCNC(=O)C3CCCCC3)nc3ccccc32)cc1. The molecule has 1 heterocycles. The van der Waals surface area contributed by atoms with E-state index in [1.165, 1.54) is 30.6 Å². The largest absolute Gasteiger partial charge is 0.497 e. The maximum atomic E-state index is 12.3. The Kier molecular flexibility index (Phi) is 10.1. The fourth-order valence-corrected chi connectivity index (χ4v) is 5.11. The highest BCUT2D eigenvalue weighted by molar-refractivity contribution is 5.78. The molecule has 0 unspecified atom stereocenters. The fourth-order valence-electron chi connectivity index (χ4n) is 5.11. The van der Waals surface area contributed by atoms with Crippen molar-refractivity contribution in [3.05, 3.63) is 54.4 Å². The topological polar surface area (TPSA) is 65.4 Å². The summed E-state index contributed by atoms with van der Waals surface area (Å²) in [4.78, 5) is 17.2. The van der Waals surface area contributed by atoms with Crippen LogP contribution >= 0.6 is 0 Å². The Bertz CT molecular complexity index is 1070. The molecule has 0 saturated heterocycles. The molecule has 6 heteroatoms. The number of aromatic nitrogens is 2. The van der Waals surface area contributed by atoms with Crippen LogP contribution in [0.2, 0.25) is 0 Å². The molecule has 1 saturated carbocycles. The number of aryl methyl sites for hydroxylation is 2. The average molecular weight is 492 g/mol. The summed E-state index contributed by atoms with van der Waals surface area (Å²) in [5.41, 5.74) is 2.28. The standard InChI is InChI=1S/C30H41N3O3/c1-35-25-17-19-26(20-18-25)36-23-11-10-22-33-28-15-8-7-14-27(28)32-29(33)16-6-3-9-21-31-30(34)24-12-4-2-5-13-24/h7-8,14-15,17-20,24H,2-6,9-13,16,21-23H2,1H3,(H,31,34). The lowest BCUT2D eigenvalue weighted by atomic mass is 9.89. The second-order valence-corrected chi connectivity index (χ2v) is 9.84. The summed E-state index contributed by atoms with van der Waals surface area (Å²) in [5, 5.41) is 3.16. The highest BCUT2D eigenvalue weighted by Crippen LogP contribution is 2.24. The van der Waals surface area contributed by atoms with Crippen LogP contribution in [0.4, 0.5) is 0 Å². The molecule has 1 fully saturated rings. The van der Waals surface area contributed by atoms with E-state index in [0.29, 0.717) is 6.61 Å². The van der Waals surface area contributed by atoms with Crippen molar-refractivity contribution in [3.8, 4) is 11.5 Å². The number of rotatable bonds is 14. The van der Waals surface area contributed by atoms with Gasteiger partial charge in [-0.15, -0.1) is 0 Å². The first kappa shape index (κ1) is 26.1. The Balaban J connectivity index is 1.19. The van der Waals surface area contributed by atoms with Gasteiger partial charge in [-0.2, -0.15) is 0 Å². The summed E-state index contributed by atoms with van der Waals surface area (Å²) in [6.45, 7) is 2.43. The molecule has 0 bridgehead atoms. The van der Waals surface area contributed by atoms with Crippen LogP contribution in [0.15, 0.2) is 48.5 Å². The van der Waals surface area contributed by atoms with Gasteiger partial charge in [0, 0.05) is 25.4 Å². The Labute approximate surface area is 215 Å². The summed E-state index contributed by atoms with van der Waals surface area (Å²) < 4.78 is 13.5. The molecule has 1 aliphatic carbocycles. The van der Waals surface area contributed by atoms with Crippen molar-refractivity contribution in [1.29, 1.82) is 0 Å². The monoisotopic (exact) mass is 491 g/mol.